The average molecular weight is 642 g/mol. The smallest absolute Gasteiger partial charge is 0.455 e. The van der Waals surface area contributed by atoms with Gasteiger partial charge >= 0.3 is 7.12 Å². The molecule has 1 saturated heterocycles. The minimum atomic E-state index is -1.02. The van der Waals surface area contributed by atoms with Gasteiger partial charge in [-0.1, -0.05) is 35.9 Å². The second kappa shape index (κ2) is 11.6. The Labute approximate surface area is 242 Å². The number of hydrogen-bond acceptors (Lipinski definition) is 7. The lowest BCUT2D eigenvalue weighted by Crippen LogP contribution is -2.51. The third-order valence-corrected chi connectivity index (χ3v) is 8.99. The number of aromatic hydroxyl groups is 1. The highest BCUT2D eigenvalue weighted by atomic mass is 127. The van der Waals surface area contributed by atoms with Gasteiger partial charge in [-0.2, -0.15) is 0 Å². The summed E-state index contributed by atoms with van der Waals surface area (Å²) in [7, 11) is 2.14. The van der Waals surface area contributed by atoms with Crippen LogP contribution in [0.4, 0.5) is 0 Å². The van der Waals surface area contributed by atoms with E-state index in [1.54, 1.807) is 37.4 Å². The van der Waals surface area contributed by atoms with Crippen molar-refractivity contribution in [2.24, 2.45) is 17.8 Å². The summed E-state index contributed by atoms with van der Waals surface area (Å²) in [5.41, 5.74) is 5.00. The van der Waals surface area contributed by atoms with E-state index < -0.39 is 19.0 Å². The summed E-state index contributed by atoms with van der Waals surface area (Å²) < 4.78 is 17.6. The molecule has 9 heteroatoms. The molecule has 2 aromatic carbocycles. The zero-order valence-corrected chi connectivity index (χ0v) is 24.4. The normalized spacial score (nSPS) is 24.8. The number of Topliss-reactive ketones (excluding diaryl/α,β-unsaturated/α-hetero) is 2. The maximum Gasteiger partial charge on any atom is 0.455 e. The fraction of sp³-hybridized carbons (Fsp3) is 0.400. The van der Waals surface area contributed by atoms with Gasteiger partial charge in [0.15, 0.2) is 23.1 Å². The van der Waals surface area contributed by atoms with Crippen molar-refractivity contribution in [1.82, 2.24) is 0 Å². The van der Waals surface area contributed by atoms with Gasteiger partial charge in [0.05, 0.1) is 23.4 Å². The summed E-state index contributed by atoms with van der Waals surface area (Å²) in [4.78, 5) is 27.3. The zero-order chi connectivity index (χ0) is 27.8. The number of phenols is 1. The summed E-state index contributed by atoms with van der Waals surface area (Å²) in [6.45, 7) is 2.39. The van der Waals surface area contributed by atoms with Gasteiger partial charge < -0.3 is 24.3 Å². The molecule has 39 heavy (non-hydrogen) atoms. The molecule has 7 nitrogen and oxygen atoms in total. The number of rotatable bonds is 7. The molecule has 3 aliphatic rings. The Morgan fingerprint density at radius 1 is 1.15 bits per heavy atom. The third-order valence-electron chi connectivity index (χ3n) is 8.17. The molecule has 4 atom stereocenters. The number of methoxy groups -OCH3 is 2. The average Bonchev–Trinajstić information content (AvgIpc) is 2.92. The number of benzene rings is 2. The van der Waals surface area contributed by atoms with Gasteiger partial charge in [0, 0.05) is 30.1 Å². The van der Waals surface area contributed by atoms with E-state index >= 15 is 0 Å². The number of carbonyl (C=O) groups is 2. The first kappa shape index (κ1) is 28.1. The molecule has 0 radical (unpaired) electrons. The first-order chi connectivity index (χ1) is 18.7. The number of allylic oxidation sites excluding steroid dienone is 1. The number of phenolic OH excluding ortho intramolecular Hbond substituents is 1. The second-order valence-corrected chi connectivity index (χ2v) is 11.8. The molecule has 2 aliphatic carbocycles. The largest absolute Gasteiger partial charge is 0.504 e. The quantitative estimate of drug-likeness (QED) is 0.239. The van der Waals surface area contributed by atoms with E-state index in [0.29, 0.717) is 46.3 Å². The summed E-state index contributed by atoms with van der Waals surface area (Å²) in [6.07, 6.45) is 3.70. The molecule has 0 bridgehead atoms. The molecule has 1 aliphatic heterocycles. The molecule has 204 valence electrons. The highest BCUT2D eigenvalue weighted by molar-refractivity contribution is 14.1. The number of ether oxygens (including phenoxy) is 2. The molecule has 0 amide bonds. The standard InChI is InChI=1S/C30H32BIO7/c1-16(10-17-11-23(32)30(35)25(12-17)38-3)8-9-24-26-18(15-37-2)13-21-27(22(26)14-31(36)39-24)29(34)20-7-5-4-6-19(20)28(21)33/h4-7,10-12,21-22,24,27,35-36H,8-9,13-15H2,1-3H3/b16-10+/t21-,22+,24-,27-/m1/s1. The van der Waals surface area contributed by atoms with Crippen LogP contribution in [0.5, 0.6) is 11.5 Å². The lowest BCUT2D eigenvalue weighted by atomic mass is 9.54. The maximum absolute atomic E-state index is 13.7. The Kier molecular flexibility index (Phi) is 8.33. The van der Waals surface area contributed by atoms with Gasteiger partial charge in [0.25, 0.3) is 0 Å². The maximum atomic E-state index is 13.7. The fourth-order valence-corrected chi connectivity index (χ4v) is 7.15. The fourth-order valence-electron chi connectivity index (χ4n) is 6.52. The van der Waals surface area contributed by atoms with Crippen molar-refractivity contribution in [1.29, 1.82) is 0 Å². The van der Waals surface area contributed by atoms with Gasteiger partial charge in [-0.15, -0.1) is 0 Å². The lowest BCUT2D eigenvalue weighted by molar-refractivity contribution is 0.0584. The van der Waals surface area contributed by atoms with Gasteiger partial charge in [-0.25, -0.2) is 0 Å². The van der Waals surface area contributed by atoms with Gasteiger partial charge in [0.1, 0.15) is 0 Å². The Bertz CT molecular complexity index is 1370. The van der Waals surface area contributed by atoms with Crippen molar-refractivity contribution in [2.75, 3.05) is 20.8 Å². The van der Waals surface area contributed by atoms with E-state index in [4.69, 9.17) is 14.1 Å². The molecule has 0 spiro atoms. The highest BCUT2D eigenvalue weighted by Crippen LogP contribution is 2.51. The van der Waals surface area contributed by atoms with Crippen molar-refractivity contribution >= 4 is 47.4 Å². The Hall–Kier alpha value is -2.47. The van der Waals surface area contributed by atoms with Crippen LogP contribution in [-0.2, 0) is 9.39 Å². The third kappa shape index (κ3) is 5.34. The zero-order valence-electron chi connectivity index (χ0n) is 22.3. The predicted molar refractivity (Wildman–Crippen MR) is 157 cm³/mol. The van der Waals surface area contributed by atoms with Crippen LogP contribution in [-0.4, -0.2) is 55.7 Å². The molecule has 2 aromatic rings. The Balaban J connectivity index is 1.44. The van der Waals surface area contributed by atoms with Crippen molar-refractivity contribution < 1.29 is 33.8 Å². The van der Waals surface area contributed by atoms with Crippen LogP contribution in [0.2, 0.25) is 6.32 Å². The van der Waals surface area contributed by atoms with Crippen molar-refractivity contribution in [3.8, 4) is 11.5 Å². The van der Waals surface area contributed by atoms with Crippen LogP contribution in [0.15, 0.2) is 53.1 Å². The minimum absolute atomic E-state index is 0.00174. The molecular formula is C30H32BIO7. The number of halogens is 1. The van der Waals surface area contributed by atoms with Crippen LogP contribution in [0.25, 0.3) is 6.08 Å². The van der Waals surface area contributed by atoms with Crippen molar-refractivity contribution in [3.05, 3.63) is 73.4 Å². The number of ketones is 2. The minimum Gasteiger partial charge on any atom is -0.504 e. The molecule has 1 heterocycles. The molecule has 0 aromatic heterocycles. The SMILES string of the molecule is COCC1=C2[C@@H](CC/C(C)=C/c3cc(I)c(O)c(OC)c3)OB(O)C[C@@H]2[C@@H]2C(=O)c3ccccc3C(=O)[C@@H]2C1. The molecule has 0 saturated carbocycles. The van der Waals surface area contributed by atoms with Crippen LogP contribution < -0.4 is 4.74 Å². The van der Waals surface area contributed by atoms with Crippen molar-refractivity contribution in [2.45, 2.75) is 38.6 Å². The molecule has 2 N–H and O–H groups in total. The van der Waals surface area contributed by atoms with E-state index in [1.807, 2.05) is 19.1 Å². The Morgan fingerprint density at radius 3 is 2.56 bits per heavy atom. The molecule has 0 unspecified atom stereocenters. The number of hydrogen-bond donors (Lipinski definition) is 2. The van der Waals surface area contributed by atoms with Crippen LogP contribution in [0, 0.1) is 21.3 Å². The van der Waals surface area contributed by atoms with Crippen LogP contribution >= 0.6 is 22.6 Å². The van der Waals surface area contributed by atoms with Crippen LogP contribution in [0.3, 0.4) is 0 Å². The van der Waals surface area contributed by atoms with E-state index in [1.165, 1.54) is 7.11 Å². The summed E-state index contributed by atoms with van der Waals surface area (Å²) in [6, 6.07) is 10.7. The predicted octanol–water partition coefficient (Wildman–Crippen LogP) is 5.34. The highest BCUT2D eigenvalue weighted by Gasteiger charge is 2.53. The monoisotopic (exact) mass is 642 g/mol. The van der Waals surface area contributed by atoms with Crippen LogP contribution in [0.1, 0.15) is 52.5 Å². The van der Waals surface area contributed by atoms with Gasteiger partial charge in [0.2, 0.25) is 0 Å². The first-order valence-corrected chi connectivity index (χ1v) is 14.3. The summed E-state index contributed by atoms with van der Waals surface area (Å²) in [5.74, 6) is -0.720. The number of fused-ring (bicyclic) bond motifs is 4. The van der Waals surface area contributed by atoms with Crippen molar-refractivity contribution in [3.63, 3.8) is 0 Å². The lowest BCUT2D eigenvalue weighted by Gasteiger charge is -2.47. The van der Waals surface area contributed by atoms with E-state index in [-0.39, 0.29) is 35.7 Å². The Morgan fingerprint density at radius 2 is 1.87 bits per heavy atom. The first-order valence-electron chi connectivity index (χ1n) is 13.2. The van der Waals surface area contributed by atoms with E-state index in [0.717, 1.165) is 22.3 Å². The van der Waals surface area contributed by atoms with E-state index in [9.17, 15) is 19.7 Å². The number of carbonyl (C=O) groups excluding carboxylic acids is 2. The van der Waals surface area contributed by atoms with Gasteiger partial charge in [-0.05, 0) is 89.9 Å². The summed E-state index contributed by atoms with van der Waals surface area (Å²) in [5, 5.41) is 20.9. The molecule has 1 fully saturated rings. The van der Waals surface area contributed by atoms with Gasteiger partial charge in [-0.3, -0.25) is 9.59 Å². The topological polar surface area (TPSA) is 102 Å². The summed E-state index contributed by atoms with van der Waals surface area (Å²) >= 11 is 2.08. The second-order valence-electron chi connectivity index (χ2n) is 10.6. The molecule has 5 rings (SSSR count). The molecular weight excluding hydrogens is 610 g/mol. The van der Waals surface area contributed by atoms with E-state index in [2.05, 4.69) is 22.6 Å².